The molecule has 2 fully saturated rings. The van der Waals surface area contributed by atoms with Crippen LogP contribution in [0.4, 0.5) is 0 Å². The van der Waals surface area contributed by atoms with E-state index in [9.17, 15) is 14.4 Å². The number of carboxylic acid groups (broad SMARTS) is 1. The molecular weight excluding hydrogens is 372 g/mol. The maximum absolute atomic E-state index is 13.1. The number of piperidine rings is 1. The minimum Gasteiger partial charge on any atom is -0.496 e. The number of hydrogen-bond acceptors (Lipinski definition) is 4. The van der Waals surface area contributed by atoms with Crippen molar-refractivity contribution in [2.75, 3.05) is 26.7 Å². The highest BCUT2D eigenvalue weighted by Gasteiger charge is 2.39. The average molecular weight is 395 g/mol. The number of benzene rings is 1. The summed E-state index contributed by atoms with van der Waals surface area (Å²) in [5, 5.41) is 9.54. The highest BCUT2D eigenvalue weighted by Crippen LogP contribution is 2.29. The summed E-state index contributed by atoms with van der Waals surface area (Å²) in [5.41, 5.74) is 0.342. The number of methoxy groups -OCH3 is 1. The molecule has 1 aromatic carbocycles. The molecule has 0 bridgehead atoms. The summed E-state index contributed by atoms with van der Waals surface area (Å²) in [6.07, 6.45) is 2.25. The molecule has 0 spiro atoms. The smallest absolute Gasteiger partial charge is 0.306 e. The molecule has 2 aliphatic heterocycles. The van der Waals surface area contributed by atoms with Crippen LogP contribution in [0.25, 0.3) is 0 Å². The summed E-state index contributed by atoms with van der Waals surface area (Å²) < 4.78 is 5.27. The van der Waals surface area contributed by atoms with Gasteiger partial charge in [-0.1, -0.05) is 11.6 Å². The van der Waals surface area contributed by atoms with E-state index < -0.39 is 17.9 Å². The first-order chi connectivity index (χ1) is 12.9. The Hall–Kier alpha value is -2.28. The van der Waals surface area contributed by atoms with Crippen molar-refractivity contribution in [1.82, 2.24) is 9.80 Å². The molecule has 0 aromatic heterocycles. The second kappa shape index (κ2) is 8.17. The second-order valence-corrected chi connectivity index (χ2v) is 7.38. The quantitative estimate of drug-likeness (QED) is 0.846. The third kappa shape index (κ3) is 4.03. The Kier molecular flexibility index (Phi) is 5.89. The minimum atomic E-state index is -0.812. The number of carbonyl (C=O) groups is 3. The lowest BCUT2D eigenvalue weighted by atomic mass is 9.96. The molecule has 1 unspecified atom stereocenters. The van der Waals surface area contributed by atoms with Crippen molar-refractivity contribution in [2.45, 2.75) is 31.7 Å². The normalized spacial score (nSPS) is 20.6. The van der Waals surface area contributed by atoms with Gasteiger partial charge in [0.1, 0.15) is 11.8 Å². The number of carbonyl (C=O) groups excluding carboxylic acids is 2. The molecular formula is C19H23ClN2O5. The summed E-state index contributed by atoms with van der Waals surface area (Å²) in [6, 6.07) is 4.32. The molecule has 0 saturated carbocycles. The summed E-state index contributed by atoms with van der Waals surface area (Å²) >= 11 is 6.04. The van der Waals surface area contributed by atoms with E-state index >= 15 is 0 Å². The molecule has 1 N–H and O–H groups in total. The van der Waals surface area contributed by atoms with Gasteiger partial charge < -0.3 is 19.6 Å². The van der Waals surface area contributed by atoms with E-state index in [0.717, 1.165) is 6.42 Å². The first kappa shape index (κ1) is 19.5. The van der Waals surface area contributed by atoms with Crippen LogP contribution >= 0.6 is 11.6 Å². The van der Waals surface area contributed by atoms with Crippen molar-refractivity contribution < 1.29 is 24.2 Å². The molecule has 7 nitrogen and oxygen atoms in total. The molecule has 27 heavy (non-hydrogen) atoms. The van der Waals surface area contributed by atoms with Crippen LogP contribution in [0.1, 0.15) is 36.0 Å². The highest BCUT2D eigenvalue weighted by atomic mass is 35.5. The molecule has 2 heterocycles. The SMILES string of the molecule is COc1ccc(Cl)cc1C(=O)N1CCCC1C(=O)N1CCC(C(=O)O)CC1. The van der Waals surface area contributed by atoms with Gasteiger partial charge in [-0.15, -0.1) is 0 Å². The summed E-state index contributed by atoms with van der Waals surface area (Å²) in [5.74, 6) is -1.17. The summed E-state index contributed by atoms with van der Waals surface area (Å²) in [4.78, 5) is 40.4. The number of amides is 2. The van der Waals surface area contributed by atoms with Gasteiger partial charge in [-0.05, 0) is 43.9 Å². The largest absolute Gasteiger partial charge is 0.496 e. The van der Waals surface area contributed by atoms with Crippen LogP contribution in [0.3, 0.4) is 0 Å². The fourth-order valence-corrected chi connectivity index (χ4v) is 4.00. The summed E-state index contributed by atoms with van der Waals surface area (Å²) in [7, 11) is 1.49. The van der Waals surface area contributed by atoms with Crippen molar-refractivity contribution in [3.05, 3.63) is 28.8 Å². The van der Waals surface area contributed by atoms with Crippen molar-refractivity contribution in [3.63, 3.8) is 0 Å². The number of rotatable bonds is 4. The molecule has 8 heteroatoms. The van der Waals surface area contributed by atoms with E-state index in [0.29, 0.717) is 55.2 Å². The van der Waals surface area contributed by atoms with Crippen molar-refractivity contribution >= 4 is 29.4 Å². The van der Waals surface area contributed by atoms with Gasteiger partial charge in [-0.2, -0.15) is 0 Å². The van der Waals surface area contributed by atoms with Crippen LogP contribution in [0.5, 0.6) is 5.75 Å². The first-order valence-corrected chi connectivity index (χ1v) is 9.46. The van der Waals surface area contributed by atoms with E-state index in [1.165, 1.54) is 7.11 Å². The van der Waals surface area contributed by atoms with Crippen LogP contribution in [0.15, 0.2) is 18.2 Å². The number of ether oxygens (including phenoxy) is 1. The summed E-state index contributed by atoms with van der Waals surface area (Å²) in [6.45, 7) is 1.32. The predicted molar refractivity (Wildman–Crippen MR) is 99.0 cm³/mol. The van der Waals surface area contributed by atoms with Gasteiger partial charge in [0.2, 0.25) is 5.91 Å². The minimum absolute atomic E-state index is 0.106. The van der Waals surface area contributed by atoms with Gasteiger partial charge in [0, 0.05) is 24.7 Å². The van der Waals surface area contributed by atoms with E-state index in [2.05, 4.69) is 0 Å². The number of halogens is 1. The maximum Gasteiger partial charge on any atom is 0.306 e. The molecule has 0 aliphatic carbocycles. The van der Waals surface area contributed by atoms with Gasteiger partial charge in [-0.3, -0.25) is 14.4 Å². The van der Waals surface area contributed by atoms with Crippen molar-refractivity contribution in [2.24, 2.45) is 5.92 Å². The number of nitrogens with zero attached hydrogens (tertiary/aromatic N) is 2. The Labute approximate surface area is 162 Å². The lowest BCUT2D eigenvalue weighted by Crippen LogP contribution is -2.50. The van der Waals surface area contributed by atoms with E-state index in [-0.39, 0.29) is 11.8 Å². The fraction of sp³-hybridized carbons (Fsp3) is 0.526. The van der Waals surface area contributed by atoms with E-state index in [4.69, 9.17) is 21.4 Å². The average Bonchev–Trinajstić information content (AvgIpc) is 3.16. The van der Waals surface area contributed by atoms with Gasteiger partial charge in [0.25, 0.3) is 5.91 Å². The monoisotopic (exact) mass is 394 g/mol. The molecule has 0 radical (unpaired) electrons. The first-order valence-electron chi connectivity index (χ1n) is 9.08. The maximum atomic E-state index is 13.1. The highest BCUT2D eigenvalue weighted by molar-refractivity contribution is 6.31. The van der Waals surface area contributed by atoms with Crippen molar-refractivity contribution in [1.29, 1.82) is 0 Å². The standard InChI is InChI=1S/C19H23ClN2O5/c1-27-16-5-4-13(20)11-14(16)17(23)22-8-2-3-15(22)18(24)21-9-6-12(7-10-21)19(25)26/h4-5,11-12,15H,2-3,6-10H2,1H3,(H,25,26). The molecule has 2 amide bonds. The number of likely N-dealkylation sites (tertiary alicyclic amines) is 2. The Balaban J connectivity index is 1.74. The van der Waals surface area contributed by atoms with E-state index in [1.54, 1.807) is 28.0 Å². The molecule has 2 saturated heterocycles. The molecule has 3 rings (SSSR count). The zero-order valence-corrected chi connectivity index (χ0v) is 15.9. The lowest BCUT2D eigenvalue weighted by molar-refractivity contribution is -0.146. The zero-order chi connectivity index (χ0) is 19.6. The van der Waals surface area contributed by atoms with E-state index in [1.807, 2.05) is 0 Å². The second-order valence-electron chi connectivity index (χ2n) is 6.94. The van der Waals surface area contributed by atoms with Crippen LogP contribution in [0, 0.1) is 5.92 Å². The fourth-order valence-electron chi connectivity index (χ4n) is 3.83. The molecule has 1 aromatic rings. The Morgan fingerprint density at radius 2 is 1.85 bits per heavy atom. The topological polar surface area (TPSA) is 87.2 Å². The Morgan fingerprint density at radius 1 is 1.15 bits per heavy atom. The third-order valence-electron chi connectivity index (χ3n) is 5.35. The Morgan fingerprint density at radius 3 is 2.48 bits per heavy atom. The zero-order valence-electron chi connectivity index (χ0n) is 15.2. The molecule has 146 valence electrons. The Bertz CT molecular complexity index is 746. The lowest BCUT2D eigenvalue weighted by Gasteiger charge is -2.34. The number of aliphatic carboxylic acids is 1. The van der Waals surface area contributed by atoms with Gasteiger partial charge in [0.05, 0.1) is 18.6 Å². The van der Waals surface area contributed by atoms with Gasteiger partial charge in [-0.25, -0.2) is 0 Å². The van der Waals surface area contributed by atoms with Crippen LogP contribution in [-0.4, -0.2) is 65.5 Å². The number of hydrogen-bond donors (Lipinski definition) is 1. The van der Waals surface area contributed by atoms with Crippen LogP contribution < -0.4 is 4.74 Å². The number of carboxylic acids is 1. The molecule has 2 aliphatic rings. The van der Waals surface area contributed by atoms with Crippen LogP contribution in [-0.2, 0) is 9.59 Å². The van der Waals surface area contributed by atoms with Crippen LogP contribution in [0.2, 0.25) is 5.02 Å². The van der Waals surface area contributed by atoms with Gasteiger partial charge >= 0.3 is 5.97 Å². The van der Waals surface area contributed by atoms with Gasteiger partial charge in [0.15, 0.2) is 0 Å². The predicted octanol–water partition coefficient (Wildman–Crippen LogP) is 2.28. The molecule has 1 atom stereocenters. The van der Waals surface area contributed by atoms with Crippen molar-refractivity contribution in [3.8, 4) is 5.75 Å². The third-order valence-corrected chi connectivity index (χ3v) is 5.58.